The van der Waals surface area contributed by atoms with E-state index in [-0.39, 0.29) is 32.6 Å². The standard InChI is InChI=1S/C14H28NO8P/c1-3-5-6-7-14(17)20-10-12(23-13(16)4-2)11-22-24(18,19)21-9-8-15/h12H,3-11,15H2,1-2H3,(H,18,19)/t12-/m0/s1. The molecule has 0 amide bonds. The van der Waals surface area contributed by atoms with Crippen LogP contribution in [0.4, 0.5) is 0 Å². The summed E-state index contributed by atoms with van der Waals surface area (Å²) < 4.78 is 30.9. The molecule has 0 bridgehead atoms. The number of hydrogen-bond donors (Lipinski definition) is 2. The van der Waals surface area contributed by atoms with Crippen molar-refractivity contribution in [1.82, 2.24) is 0 Å². The van der Waals surface area contributed by atoms with E-state index in [0.29, 0.717) is 6.42 Å². The zero-order valence-corrected chi connectivity index (χ0v) is 15.2. The molecule has 3 N–H and O–H groups in total. The van der Waals surface area contributed by atoms with Crippen LogP contribution in [0.3, 0.4) is 0 Å². The van der Waals surface area contributed by atoms with Crippen LogP contribution in [-0.2, 0) is 32.7 Å². The maximum Gasteiger partial charge on any atom is 0.472 e. The SMILES string of the molecule is CCCCCC(=O)OC[C@@H](COP(=O)(O)OCCN)OC(=O)CC. The van der Waals surface area contributed by atoms with Crippen LogP contribution in [0.5, 0.6) is 0 Å². The van der Waals surface area contributed by atoms with E-state index in [0.717, 1.165) is 12.8 Å². The molecule has 1 unspecified atom stereocenters. The average Bonchev–Trinajstić information content (AvgIpc) is 2.55. The van der Waals surface area contributed by atoms with Crippen molar-refractivity contribution >= 4 is 19.8 Å². The third-order valence-electron chi connectivity index (χ3n) is 2.80. The second kappa shape index (κ2) is 13.3. The van der Waals surface area contributed by atoms with Crippen LogP contribution in [0.25, 0.3) is 0 Å². The van der Waals surface area contributed by atoms with Gasteiger partial charge in [0.15, 0.2) is 6.10 Å². The maximum absolute atomic E-state index is 11.6. The molecule has 10 heteroatoms. The van der Waals surface area contributed by atoms with Crippen molar-refractivity contribution in [2.45, 2.75) is 52.1 Å². The van der Waals surface area contributed by atoms with Gasteiger partial charge in [-0.05, 0) is 6.42 Å². The van der Waals surface area contributed by atoms with Crippen LogP contribution in [0.15, 0.2) is 0 Å². The molecule has 142 valence electrons. The van der Waals surface area contributed by atoms with Gasteiger partial charge >= 0.3 is 19.8 Å². The number of nitrogens with two attached hydrogens (primary N) is 1. The molecule has 0 saturated carbocycles. The first kappa shape index (κ1) is 23.0. The predicted molar refractivity (Wildman–Crippen MR) is 86.1 cm³/mol. The molecule has 0 radical (unpaired) electrons. The van der Waals surface area contributed by atoms with Gasteiger partial charge < -0.3 is 20.1 Å². The van der Waals surface area contributed by atoms with Crippen molar-refractivity contribution in [2.24, 2.45) is 5.73 Å². The van der Waals surface area contributed by atoms with Crippen LogP contribution in [-0.4, -0.2) is 49.3 Å². The third kappa shape index (κ3) is 12.4. The van der Waals surface area contributed by atoms with Crippen LogP contribution >= 0.6 is 7.82 Å². The topological polar surface area (TPSA) is 134 Å². The van der Waals surface area contributed by atoms with Crippen molar-refractivity contribution in [3.05, 3.63) is 0 Å². The molecule has 2 atom stereocenters. The number of phosphoric acid groups is 1. The molecular formula is C14H28NO8P. The average molecular weight is 369 g/mol. The summed E-state index contributed by atoms with van der Waals surface area (Å²) in [5.74, 6) is -0.964. The summed E-state index contributed by atoms with van der Waals surface area (Å²) in [7, 11) is -4.30. The molecule has 0 spiro atoms. The smallest absolute Gasteiger partial charge is 0.462 e. The van der Waals surface area contributed by atoms with E-state index >= 15 is 0 Å². The Labute approximate surface area is 142 Å². The van der Waals surface area contributed by atoms with Crippen molar-refractivity contribution in [1.29, 1.82) is 0 Å². The quantitative estimate of drug-likeness (QED) is 0.265. The first-order chi connectivity index (χ1) is 11.3. The Morgan fingerprint density at radius 2 is 1.83 bits per heavy atom. The molecule has 0 rings (SSSR count). The lowest BCUT2D eigenvalue weighted by Crippen LogP contribution is -2.29. The van der Waals surface area contributed by atoms with Gasteiger partial charge in [-0.15, -0.1) is 0 Å². The molecular weight excluding hydrogens is 341 g/mol. The highest BCUT2D eigenvalue weighted by Gasteiger charge is 2.25. The number of hydrogen-bond acceptors (Lipinski definition) is 8. The fourth-order valence-corrected chi connectivity index (χ4v) is 2.31. The summed E-state index contributed by atoms with van der Waals surface area (Å²) in [4.78, 5) is 32.4. The van der Waals surface area contributed by atoms with E-state index in [4.69, 9.17) is 19.7 Å². The van der Waals surface area contributed by atoms with Gasteiger partial charge in [-0.1, -0.05) is 26.7 Å². The lowest BCUT2D eigenvalue weighted by Gasteiger charge is -2.19. The summed E-state index contributed by atoms with van der Waals surface area (Å²) in [6.45, 7) is 2.82. The molecule has 9 nitrogen and oxygen atoms in total. The lowest BCUT2D eigenvalue weighted by atomic mass is 10.2. The largest absolute Gasteiger partial charge is 0.472 e. The van der Waals surface area contributed by atoms with E-state index in [1.54, 1.807) is 6.92 Å². The van der Waals surface area contributed by atoms with Crippen molar-refractivity contribution in [3.8, 4) is 0 Å². The number of unbranched alkanes of at least 4 members (excludes halogenated alkanes) is 2. The summed E-state index contributed by atoms with van der Waals surface area (Å²) in [5, 5.41) is 0. The van der Waals surface area contributed by atoms with Gasteiger partial charge in [0.05, 0.1) is 13.2 Å². The number of carbonyl (C=O) groups excluding carboxylic acids is 2. The summed E-state index contributed by atoms with van der Waals surface area (Å²) in [6.07, 6.45) is 1.99. The highest BCUT2D eigenvalue weighted by Crippen LogP contribution is 2.43. The van der Waals surface area contributed by atoms with Crippen LogP contribution in [0, 0.1) is 0 Å². The Balaban J connectivity index is 4.39. The number of carbonyl (C=O) groups is 2. The number of phosphoric ester groups is 1. The van der Waals surface area contributed by atoms with Gasteiger partial charge in [0.25, 0.3) is 0 Å². The lowest BCUT2D eigenvalue weighted by molar-refractivity contribution is -0.161. The summed E-state index contributed by atoms with van der Waals surface area (Å²) in [5.41, 5.74) is 5.17. The van der Waals surface area contributed by atoms with Gasteiger partial charge in [0, 0.05) is 19.4 Å². The molecule has 0 aromatic heterocycles. The minimum atomic E-state index is -4.30. The second-order valence-electron chi connectivity index (χ2n) is 4.99. The Morgan fingerprint density at radius 1 is 1.12 bits per heavy atom. The van der Waals surface area contributed by atoms with E-state index in [1.807, 2.05) is 6.92 Å². The van der Waals surface area contributed by atoms with Crippen molar-refractivity contribution in [2.75, 3.05) is 26.4 Å². The molecule has 0 aliphatic heterocycles. The molecule has 0 saturated heterocycles. The highest BCUT2D eigenvalue weighted by atomic mass is 31.2. The monoisotopic (exact) mass is 369 g/mol. The molecule has 0 aromatic carbocycles. The van der Waals surface area contributed by atoms with Gasteiger partial charge in [-0.2, -0.15) is 0 Å². The minimum absolute atomic E-state index is 0.0531. The zero-order valence-electron chi connectivity index (χ0n) is 14.3. The Morgan fingerprint density at radius 3 is 2.42 bits per heavy atom. The second-order valence-corrected chi connectivity index (χ2v) is 6.45. The minimum Gasteiger partial charge on any atom is -0.462 e. The summed E-state index contributed by atoms with van der Waals surface area (Å²) >= 11 is 0. The number of esters is 2. The molecule has 0 fully saturated rings. The Bertz CT molecular complexity index is 418. The summed E-state index contributed by atoms with van der Waals surface area (Å²) in [6, 6.07) is 0. The first-order valence-corrected chi connectivity index (χ1v) is 9.51. The van der Waals surface area contributed by atoms with E-state index in [1.165, 1.54) is 0 Å². The Hall–Kier alpha value is -0.990. The normalized spacial score (nSPS) is 14.7. The molecule has 24 heavy (non-hydrogen) atoms. The van der Waals surface area contributed by atoms with Crippen LogP contribution < -0.4 is 5.73 Å². The van der Waals surface area contributed by atoms with Gasteiger partial charge in [0.2, 0.25) is 0 Å². The highest BCUT2D eigenvalue weighted by molar-refractivity contribution is 7.47. The van der Waals surface area contributed by atoms with Gasteiger partial charge in [-0.25, -0.2) is 4.57 Å². The van der Waals surface area contributed by atoms with E-state index in [2.05, 4.69) is 4.52 Å². The van der Waals surface area contributed by atoms with Gasteiger partial charge in [0.1, 0.15) is 6.61 Å². The predicted octanol–water partition coefficient (Wildman–Crippen LogP) is 1.52. The van der Waals surface area contributed by atoms with Crippen molar-refractivity contribution < 1.29 is 37.6 Å². The van der Waals surface area contributed by atoms with Crippen LogP contribution in [0.2, 0.25) is 0 Å². The fourth-order valence-electron chi connectivity index (χ4n) is 1.55. The number of rotatable bonds is 14. The first-order valence-electron chi connectivity index (χ1n) is 8.01. The Kier molecular flexibility index (Phi) is 12.8. The molecule has 0 aliphatic carbocycles. The number of ether oxygens (including phenoxy) is 2. The zero-order chi connectivity index (χ0) is 18.4. The molecule has 0 heterocycles. The third-order valence-corrected chi connectivity index (χ3v) is 3.78. The fraction of sp³-hybridized carbons (Fsp3) is 0.857. The van der Waals surface area contributed by atoms with E-state index < -0.39 is 32.5 Å². The maximum atomic E-state index is 11.6. The molecule has 0 aromatic rings. The molecule has 0 aliphatic rings. The van der Waals surface area contributed by atoms with E-state index in [9.17, 15) is 19.0 Å². The van der Waals surface area contributed by atoms with Crippen LogP contribution in [0.1, 0.15) is 46.0 Å². The van der Waals surface area contributed by atoms with Crippen molar-refractivity contribution in [3.63, 3.8) is 0 Å². The van der Waals surface area contributed by atoms with Gasteiger partial charge in [-0.3, -0.25) is 18.6 Å².